The van der Waals surface area contributed by atoms with Crippen LogP contribution < -0.4 is 11.1 Å². The van der Waals surface area contributed by atoms with Crippen molar-refractivity contribution in [3.63, 3.8) is 0 Å². The molecule has 98 valence electrons. The Hall–Kier alpha value is -1.65. The Kier molecular flexibility index (Phi) is 3.79. The molecule has 1 fully saturated rings. The van der Waals surface area contributed by atoms with E-state index in [2.05, 4.69) is 29.4 Å². The van der Waals surface area contributed by atoms with Gasteiger partial charge in [0.2, 0.25) is 0 Å². The van der Waals surface area contributed by atoms with Gasteiger partial charge in [-0.2, -0.15) is 0 Å². The maximum absolute atomic E-state index is 10.9. The molecular formula is C13H20N4O. The van der Waals surface area contributed by atoms with Crippen LogP contribution in [0.4, 0.5) is 5.82 Å². The normalized spacial score (nSPS) is 27.8. The smallest absolute Gasteiger partial charge is 0.269 e. The van der Waals surface area contributed by atoms with Crippen molar-refractivity contribution in [2.24, 2.45) is 17.6 Å². The molecule has 1 aromatic heterocycles. The van der Waals surface area contributed by atoms with Gasteiger partial charge in [0.25, 0.3) is 5.91 Å². The molecule has 0 spiro atoms. The maximum atomic E-state index is 10.9. The molecule has 3 N–H and O–H groups in total. The molecule has 18 heavy (non-hydrogen) atoms. The van der Waals surface area contributed by atoms with E-state index >= 15 is 0 Å². The molecule has 2 rings (SSSR count). The van der Waals surface area contributed by atoms with E-state index in [1.807, 2.05) is 0 Å². The number of nitrogens with two attached hydrogens (primary N) is 1. The lowest BCUT2D eigenvalue weighted by Gasteiger charge is -2.34. The van der Waals surface area contributed by atoms with Crippen LogP contribution in [0.25, 0.3) is 0 Å². The van der Waals surface area contributed by atoms with Gasteiger partial charge in [-0.15, -0.1) is 10.2 Å². The zero-order valence-corrected chi connectivity index (χ0v) is 10.9. The molecule has 1 saturated carbocycles. The second-order valence-electron chi connectivity index (χ2n) is 5.19. The molecule has 1 aromatic rings. The summed E-state index contributed by atoms with van der Waals surface area (Å²) < 4.78 is 0. The molecule has 3 unspecified atom stereocenters. The van der Waals surface area contributed by atoms with Gasteiger partial charge in [-0.25, -0.2) is 0 Å². The number of amides is 1. The Labute approximate surface area is 107 Å². The van der Waals surface area contributed by atoms with Gasteiger partial charge in [0, 0.05) is 6.04 Å². The summed E-state index contributed by atoms with van der Waals surface area (Å²) in [6.07, 6.45) is 3.70. The fourth-order valence-corrected chi connectivity index (χ4v) is 2.52. The number of nitrogens with one attached hydrogen (secondary N) is 1. The van der Waals surface area contributed by atoms with Crippen molar-refractivity contribution in [2.45, 2.75) is 39.2 Å². The summed E-state index contributed by atoms with van der Waals surface area (Å²) in [5.74, 6) is 1.52. The maximum Gasteiger partial charge on any atom is 0.269 e. The topological polar surface area (TPSA) is 80.9 Å². The van der Waals surface area contributed by atoms with Gasteiger partial charge in [0.15, 0.2) is 5.69 Å². The summed E-state index contributed by atoms with van der Waals surface area (Å²) in [6, 6.07) is 3.80. The monoisotopic (exact) mass is 248 g/mol. The number of anilines is 1. The van der Waals surface area contributed by atoms with Crippen molar-refractivity contribution in [1.82, 2.24) is 10.2 Å². The van der Waals surface area contributed by atoms with Gasteiger partial charge in [-0.3, -0.25) is 4.79 Å². The first-order chi connectivity index (χ1) is 8.58. The van der Waals surface area contributed by atoms with Crippen molar-refractivity contribution < 1.29 is 4.79 Å². The number of aromatic nitrogens is 2. The first-order valence-electron chi connectivity index (χ1n) is 6.48. The summed E-state index contributed by atoms with van der Waals surface area (Å²) in [4.78, 5) is 10.9. The highest BCUT2D eigenvalue weighted by molar-refractivity contribution is 5.90. The van der Waals surface area contributed by atoms with Gasteiger partial charge in [-0.05, 0) is 30.4 Å². The zero-order chi connectivity index (χ0) is 13.1. The number of carbonyl (C=O) groups excluding carboxylic acids is 1. The van der Waals surface area contributed by atoms with Gasteiger partial charge >= 0.3 is 0 Å². The summed E-state index contributed by atoms with van der Waals surface area (Å²) in [7, 11) is 0. The number of primary amides is 1. The SMILES string of the molecule is CC1CCCC(Nc2ccc(C(N)=O)nn2)C1C. The highest BCUT2D eigenvalue weighted by atomic mass is 16.1. The van der Waals surface area contributed by atoms with Gasteiger partial charge < -0.3 is 11.1 Å². The van der Waals surface area contributed by atoms with Crippen LogP contribution in [0.3, 0.4) is 0 Å². The third-order valence-corrected chi connectivity index (χ3v) is 3.96. The molecule has 1 aliphatic rings. The molecule has 3 atom stereocenters. The van der Waals surface area contributed by atoms with E-state index in [1.54, 1.807) is 12.1 Å². The Morgan fingerprint density at radius 2 is 2.11 bits per heavy atom. The third-order valence-electron chi connectivity index (χ3n) is 3.96. The standard InChI is InChI=1S/C13H20N4O/c1-8-4-3-5-10(9(8)2)15-12-7-6-11(13(14)18)16-17-12/h6-10H,3-5H2,1-2H3,(H2,14,18)(H,15,17). The average molecular weight is 248 g/mol. The molecule has 1 aliphatic carbocycles. The number of nitrogens with zero attached hydrogens (tertiary/aromatic N) is 2. The highest BCUT2D eigenvalue weighted by Gasteiger charge is 2.27. The molecule has 5 heteroatoms. The van der Waals surface area contributed by atoms with Gasteiger partial charge in [-0.1, -0.05) is 26.7 Å². The van der Waals surface area contributed by atoms with E-state index in [-0.39, 0.29) is 5.69 Å². The summed E-state index contributed by atoms with van der Waals surface area (Å²) in [6.45, 7) is 4.56. The third kappa shape index (κ3) is 2.78. The molecule has 5 nitrogen and oxygen atoms in total. The number of rotatable bonds is 3. The van der Waals surface area contributed by atoms with Crippen LogP contribution in [0.2, 0.25) is 0 Å². The van der Waals surface area contributed by atoms with Crippen molar-refractivity contribution in [2.75, 3.05) is 5.32 Å². The fourth-order valence-electron chi connectivity index (χ4n) is 2.52. The minimum Gasteiger partial charge on any atom is -0.366 e. The molecule has 1 amide bonds. The summed E-state index contributed by atoms with van der Waals surface area (Å²) >= 11 is 0. The van der Waals surface area contributed by atoms with E-state index in [4.69, 9.17) is 5.73 Å². The second kappa shape index (κ2) is 5.33. The average Bonchev–Trinajstić information content (AvgIpc) is 2.36. The van der Waals surface area contributed by atoms with E-state index in [0.717, 1.165) is 12.3 Å². The van der Waals surface area contributed by atoms with Crippen LogP contribution in [0, 0.1) is 11.8 Å². The predicted molar refractivity (Wildman–Crippen MR) is 70.1 cm³/mol. The first kappa shape index (κ1) is 12.8. The van der Waals surface area contributed by atoms with Crippen LogP contribution in [0.5, 0.6) is 0 Å². The molecule has 0 radical (unpaired) electrons. The van der Waals surface area contributed by atoms with Crippen LogP contribution in [-0.2, 0) is 0 Å². The van der Waals surface area contributed by atoms with Crippen molar-refractivity contribution >= 4 is 11.7 Å². The Morgan fingerprint density at radius 3 is 2.72 bits per heavy atom. The Balaban J connectivity index is 2.02. The number of carbonyl (C=O) groups is 1. The minimum absolute atomic E-state index is 0.200. The quantitative estimate of drug-likeness (QED) is 0.854. The van der Waals surface area contributed by atoms with Gasteiger partial charge in [0.05, 0.1) is 0 Å². The predicted octanol–water partition coefficient (Wildman–Crippen LogP) is 1.81. The Morgan fingerprint density at radius 1 is 1.33 bits per heavy atom. The zero-order valence-electron chi connectivity index (χ0n) is 10.9. The number of hydrogen-bond acceptors (Lipinski definition) is 4. The highest BCUT2D eigenvalue weighted by Crippen LogP contribution is 2.31. The second-order valence-corrected chi connectivity index (χ2v) is 5.19. The van der Waals surface area contributed by atoms with E-state index in [1.165, 1.54) is 12.8 Å². The number of hydrogen-bond donors (Lipinski definition) is 2. The van der Waals surface area contributed by atoms with Gasteiger partial charge in [0.1, 0.15) is 5.82 Å². The summed E-state index contributed by atoms with van der Waals surface area (Å²) in [5, 5.41) is 11.2. The molecule has 0 aliphatic heterocycles. The van der Waals surface area contributed by atoms with Crippen molar-refractivity contribution in [3.05, 3.63) is 17.8 Å². The van der Waals surface area contributed by atoms with Crippen LogP contribution >= 0.6 is 0 Å². The van der Waals surface area contributed by atoms with E-state index < -0.39 is 5.91 Å². The molecule has 0 bridgehead atoms. The van der Waals surface area contributed by atoms with E-state index in [0.29, 0.717) is 17.8 Å². The first-order valence-corrected chi connectivity index (χ1v) is 6.48. The summed E-state index contributed by atoms with van der Waals surface area (Å²) in [5.41, 5.74) is 5.33. The molecule has 1 heterocycles. The molecule has 0 aromatic carbocycles. The largest absolute Gasteiger partial charge is 0.366 e. The van der Waals surface area contributed by atoms with Crippen LogP contribution in [0.15, 0.2) is 12.1 Å². The van der Waals surface area contributed by atoms with E-state index in [9.17, 15) is 4.79 Å². The van der Waals surface area contributed by atoms with Crippen molar-refractivity contribution in [1.29, 1.82) is 0 Å². The Bertz CT molecular complexity index is 418. The fraction of sp³-hybridized carbons (Fsp3) is 0.615. The molecule has 0 saturated heterocycles. The van der Waals surface area contributed by atoms with Crippen LogP contribution in [0.1, 0.15) is 43.6 Å². The van der Waals surface area contributed by atoms with Crippen molar-refractivity contribution in [3.8, 4) is 0 Å². The molecular weight excluding hydrogens is 228 g/mol. The lowest BCUT2D eigenvalue weighted by Crippen LogP contribution is -2.35. The minimum atomic E-state index is -0.547. The lowest BCUT2D eigenvalue weighted by molar-refractivity contribution is 0.0994. The lowest BCUT2D eigenvalue weighted by atomic mass is 9.78. The van der Waals surface area contributed by atoms with Crippen LogP contribution in [-0.4, -0.2) is 22.1 Å².